The van der Waals surface area contributed by atoms with Crippen molar-refractivity contribution < 1.29 is 14.6 Å². The number of hydrogen-bond acceptors (Lipinski definition) is 6. The Bertz CT molecular complexity index is 439. The van der Waals surface area contributed by atoms with Crippen molar-refractivity contribution in [2.45, 2.75) is 31.7 Å². The summed E-state index contributed by atoms with van der Waals surface area (Å²) in [6.45, 7) is 0.844. The van der Waals surface area contributed by atoms with Crippen LogP contribution in [0.15, 0.2) is 12.5 Å². The Kier molecular flexibility index (Phi) is 4.68. The number of hydrogen-bond donors (Lipinski definition) is 1. The van der Waals surface area contributed by atoms with Crippen LogP contribution < -0.4 is 4.90 Å². The summed E-state index contributed by atoms with van der Waals surface area (Å²) in [6, 6.07) is 0.000746. The minimum atomic E-state index is -0.448. The first-order valence-corrected chi connectivity index (χ1v) is 6.53. The number of esters is 1. The number of nitrogens with zero attached hydrogens (tertiary/aromatic N) is 3. The highest BCUT2D eigenvalue weighted by atomic mass is 16.5. The highest BCUT2D eigenvalue weighted by molar-refractivity contribution is 5.94. The summed E-state index contributed by atoms with van der Waals surface area (Å²) >= 11 is 0. The van der Waals surface area contributed by atoms with Gasteiger partial charge in [-0.1, -0.05) is 12.8 Å². The SMILES string of the molecule is COC(=O)c1cncnc1N1CCCCCC1CO. The molecule has 6 heteroatoms. The second-order valence-corrected chi connectivity index (χ2v) is 4.63. The van der Waals surface area contributed by atoms with Crippen LogP contribution >= 0.6 is 0 Å². The van der Waals surface area contributed by atoms with E-state index in [1.54, 1.807) is 0 Å². The standard InChI is InChI=1S/C13H19N3O3/c1-19-13(18)11-7-14-9-15-12(11)16-6-4-2-3-5-10(16)8-17/h7,9-10,17H,2-6,8H2,1H3. The Morgan fingerprint density at radius 1 is 1.53 bits per heavy atom. The first kappa shape index (κ1) is 13.7. The van der Waals surface area contributed by atoms with Gasteiger partial charge in [-0.3, -0.25) is 0 Å². The lowest BCUT2D eigenvalue weighted by molar-refractivity contribution is 0.0600. The number of aliphatic hydroxyl groups is 1. The highest BCUT2D eigenvalue weighted by Gasteiger charge is 2.26. The fourth-order valence-electron chi connectivity index (χ4n) is 2.45. The molecule has 0 spiro atoms. The van der Waals surface area contributed by atoms with Gasteiger partial charge in [-0.15, -0.1) is 0 Å². The quantitative estimate of drug-likeness (QED) is 0.822. The van der Waals surface area contributed by atoms with Gasteiger partial charge in [-0.2, -0.15) is 0 Å². The monoisotopic (exact) mass is 265 g/mol. The minimum Gasteiger partial charge on any atom is -0.465 e. The van der Waals surface area contributed by atoms with Crippen molar-refractivity contribution in [1.82, 2.24) is 9.97 Å². The van der Waals surface area contributed by atoms with E-state index >= 15 is 0 Å². The molecule has 1 aromatic heterocycles. The van der Waals surface area contributed by atoms with E-state index in [0.29, 0.717) is 11.4 Å². The number of aromatic nitrogens is 2. The summed E-state index contributed by atoms with van der Waals surface area (Å²) < 4.78 is 4.76. The van der Waals surface area contributed by atoms with E-state index in [4.69, 9.17) is 4.74 Å². The van der Waals surface area contributed by atoms with Crippen molar-refractivity contribution in [2.75, 3.05) is 25.2 Å². The Labute approximate surface area is 112 Å². The van der Waals surface area contributed by atoms with Crippen LogP contribution in [0.25, 0.3) is 0 Å². The molecule has 0 aromatic carbocycles. The van der Waals surface area contributed by atoms with Crippen LogP contribution in [0.3, 0.4) is 0 Å². The molecule has 2 rings (SSSR count). The predicted octanol–water partition coefficient (Wildman–Crippen LogP) is 1.00. The van der Waals surface area contributed by atoms with Crippen LogP contribution in [0.1, 0.15) is 36.0 Å². The van der Waals surface area contributed by atoms with Gasteiger partial charge in [0, 0.05) is 12.7 Å². The zero-order chi connectivity index (χ0) is 13.7. The van der Waals surface area contributed by atoms with Crippen molar-refractivity contribution in [3.63, 3.8) is 0 Å². The Hall–Kier alpha value is -1.69. The molecule has 2 heterocycles. The third-order valence-electron chi connectivity index (χ3n) is 3.46. The van der Waals surface area contributed by atoms with E-state index in [1.807, 2.05) is 4.90 Å². The van der Waals surface area contributed by atoms with Gasteiger partial charge in [-0.25, -0.2) is 14.8 Å². The van der Waals surface area contributed by atoms with Crippen LogP contribution in [0.2, 0.25) is 0 Å². The molecule has 0 radical (unpaired) electrons. The maximum absolute atomic E-state index is 11.8. The van der Waals surface area contributed by atoms with Gasteiger partial charge in [0.2, 0.25) is 0 Å². The molecule has 0 bridgehead atoms. The van der Waals surface area contributed by atoms with E-state index in [2.05, 4.69) is 9.97 Å². The molecule has 1 saturated heterocycles. The summed E-state index contributed by atoms with van der Waals surface area (Å²) in [5.41, 5.74) is 0.352. The number of carbonyl (C=O) groups is 1. The second-order valence-electron chi connectivity index (χ2n) is 4.63. The third-order valence-corrected chi connectivity index (χ3v) is 3.46. The largest absolute Gasteiger partial charge is 0.465 e. The van der Waals surface area contributed by atoms with Gasteiger partial charge >= 0.3 is 5.97 Å². The molecule has 6 nitrogen and oxygen atoms in total. The molecule has 19 heavy (non-hydrogen) atoms. The number of rotatable bonds is 3. The van der Waals surface area contributed by atoms with Crippen LogP contribution in [-0.2, 0) is 4.74 Å². The average molecular weight is 265 g/mol. The maximum Gasteiger partial charge on any atom is 0.343 e. The third kappa shape index (κ3) is 3.01. The van der Waals surface area contributed by atoms with Crippen LogP contribution in [-0.4, -0.2) is 47.3 Å². The van der Waals surface area contributed by atoms with Gasteiger partial charge in [0.1, 0.15) is 17.7 Å². The van der Waals surface area contributed by atoms with Gasteiger partial charge in [0.15, 0.2) is 0 Å². The molecule has 1 aliphatic heterocycles. The Balaban J connectivity index is 2.35. The van der Waals surface area contributed by atoms with Gasteiger partial charge < -0.3 is 14.7 Å². The summed E-state index contributed by atoms with van der Waals surface area (Å²) in [5.74, 6) is 0.110. The normalized spacial score (nSPS) is 19.9. The zero-order valence-corrected chi connectivity index (χ0v) is 11.1. The number of anilines is 1. The molecule has 0 saturated carbocycles. The lowest BCUT2D eigenvalue weighted by atomic mass is 10.1. The van der Waals surface area contributed by atoms with E-state index in [9.17, 15) is 9.90 Å². The molecule has 1 aromatic rings. The molecule has 0 amide bonds. The predicted molar refractivity (Wildman–Crippen MR) is 70.1 cm³/mol. The van der Waals surface area contributed by atoms with Crippen molar-refractivity contribution >= 4 is 11.8 Å². The molecule has 1 atom stereocenters. The zero-order valence-electron chi connectivity index (χ0n) is 11.1. The maximum atomic E-state index is 11.8. The summed E-state index contributed by atoms with van der Waals surface area (Å²) in [6.07, 6.45) is 7.03. The molecule has 0 aliphatic carbocycles. The number of methoxy groups -OCH3 is 1. The second kappa shape index (κ2) is 6.47. The lowest BCUT2D eigenvalue weighted by Crippen LogP contribution is -2.39. The molecular formula is C13H19N3O3. The van der Waals surface area contributed by atoms with Crippen LogP contribution in [0.4, 0.5) is 5.82 Å². The summed E-state index contributed by atoms with van der Waals surface area (Å²) in [4.78, 5) is 21.9. The van der Waals surface area contributed by atoms with Crippen LogP contribution in [0.5, 0.6) is 0 Å². The fourth-order valence-corrected chi connectivity index (χ4v) is 2.45. The summed E-state index contributed by atoms with van der Waals surface area (Å²) in [5, 5.41) is 9.53. The van der Waals surface area contributed by atoms with Crippen molar-refractivity contribution in [1.29, 1.82) is 0 Å². The van der Waals surface area contributed by atoms with Gasteiger partial charge in [0.25, 0.3) is 0 Å². The van der Waals surface area contributed by atoms with E-state index in [-0.39, 0.29) is 12.6 Å². The molecule has 1 aliphatic rings. The highest BCUT2D eigenvalue weighted by Crippen LogP contribution is 2.25. The molecule has 1 unspecified atom stereocenters. The van der Waals surface area contributed by atoms with Gasteiger partial charge in [-0.05, 0) is 12.8 Å². The first-order chi connectivity index (χ1) is 9.27. The Morgan fingerprint density at radius 3 is 3.11 bits per heavy atom. The fraction of sp³-hybridized carbons (Fsp3) is 0.615. The van der Waals surface area contributed by atoms with E-state index in [1.165, 1.54) is 19.6 Å². The number of ether oxygens (including phenoxy) is 1. The van der Waals surface area contributed by atoms with Crippen molar-refractivity contribution in [3.8, 4) is 0 Å². The number of carbonyl (C=O) groups excluding carboxylic acids is 1. The average Bonchev–Trinajstić information content (AvgIpc) is 2.71. The van der Waals surface area contributed by atoms with E-state index in [0.717, 1.165) is 32.2 Å². The molecule has 1 fully saturated rings. The molecular weight excluding hydrogens is 246 g/mol. The lowest BCUT2D eigenvalue weighted by Gasteiger charge is -2.30. The van der Waals surface area contributed by atoms with E-state index < -0.39 is 5.97 Å². The topological polar surface area (TPSA) is 75.5 Å². The smallest absolute Gasteiger partial charge is 0.343 e. The van der Waals surface area contributed by atoms with Crippen molar-refractivity contribution in [3.05, 3.63) is 18.1 Å². The van der Waals surface area contributed by atoms with Crippen LogP contribution in [0, 0.1) is 0 Å². The molecule has 104 valence electrons. The molecule has 1 N–H and O–H groups in total. The Morgan fingerprint density at radius 2 is 2.37 bits per heavy atom. The number of aliphatic hydroxyl groups excluding tert-OH is 1. The first-order valence-electron chi connectivity index (χ1n) is 6.53. The van der Waals surface area contributed by atoms with Crippen molar-refractivity contribution in [2.24, 2.45) is 0 Å². The summed E-state index contributed by atoms with van der Waals surface area (Å²) in [7, 11) is 1.34. The minimum absolute atomic E-state index is 0.000746. The van der Waals surface area contributed by atoms with Gasteiger partial charge in [0.05, 0.1) is 19.8 Å².